The van der Waals surface area contributed by atoms with Gasteiger partial charge in [-0.15, -0.1) is 0 Å². The monoisotopic (exact) mass is 302 g/mol. The summed E-state index contributed by atoms with van der Waals surface area (Å²) in [6.45, 7) is 6.24. The molecule has 2 aromatic rings. The largest absolute Gasteiger partial charge is 0.396 e. The highest BCUT2D eigenvalue weighted by Gasteiger charge is 2.34. The molecule has 118 valence electrons. The summed E-state index contributed by atoms with van der Waals surface area (Å²) in [5.74, 6) is 1.18. The summed E-state index contributed by atoms with van der Waals surface area (Å²) >= 11 is 0. The first kappa shape index (κ1) is 15.1. The van der Waals surface area contributed by atoms with Gasteiger partial charge in [0.2, 0.25) is 11.7 Å². The lowest BCUT2D eigenvalue weighted by atomic mass is 9.82. The van der Waals surface area contributed by atoms with E-state index in [1.807, 2.05) is 12.1 Å². The second kappa shape index (κ2) is 6.14. The predicted octanol–water partition coefficient (Wildman–Crippen LogP) is 2.29. The van der Waals surface area contributed by atoms with Gasteiger partial charge in [0.05, 0.1) is 6.04 Å². The molecule has 0 spiro atoms. The van der Waals surface area contributed by atoms with Gasteiger partial charge in [-0.1, -0.05) is 12.1 Å². The number of rotatable bonds is 4. The van der Waals surface area contributed by atoms with E-state index in [0.717, 1.165) is 31.5 Å². The summed E-state index contributed by atoms with van der Waals surface area (Å²) in [7, 11) is 0. The van der Waals surface area contributed by atoms with Crippen LogP contribution in [0.15, 0.2) is 29.0 Å². The van der Waals surface area contributed by atoms with Crippen molar-refractivity contribution in [1.29, 1.82) is 0 Å². The zero-order valence-corrected chi connectivity index (χ0v) is 13.1. The van der Waals surface area contributed by atoms with Crippen LogP contribution in [0.25, 0.3) is 11.4 Å². The van der Waals surface area contributed by atoms with Crippen molar-refractivity contribution in [2.24, 2.45) is 5.41 Å². The van der Waals surface area contributed by atoms with Gasteiger partial charge in [-0.05, 0) is 38.4 Å². The Morgan fingerprint density at radius 3 is 3.09 bits per heavy atom. The maximum absolute atomic E-state index is 9.59. The first-order valence-electron chi connectivity index (χ1n) is 7.70. The van der Waals surface area contributed by atoms with E-state index in [1.54, 1.807) is 12.4 Å². The number of piperidine rings is 1. The van der Waals surface area contributed by atoms with E-state index in [9.17, 15) is 5.11 Å². The molecule has 0 aromatic carbocycles. The molecule has 2 atom stereocenters. The summed E-state index contributed by atoms with van der Waals surface area (Å²) in [6.07, 6.45) is 5.57. The average molecular weight is 302 g/mol. The highest BCUT2D eigenvalue weighted by atomic mass is 16.5. The second-order valence-electron chi connectivity index (χ2n) is 6.42. The summed E-state index contributed by atoms with van der Waals surface area (Å²) in [5.41, 5.74) is 0.808. The van der Waals surface area contributed by atoms with Gasteiger partial charge < -0.3 is 9.63 Å². The van der Waals surface area contributed by atoms with E-state index in [1.165, 1.54) is 0 Å². The fraction of sp³-hybridized carbons (Fsp3) is 0.562. The number of nitrogens with zero attached hydrogens (tertiary/aromatic N) is 4. The van der Waals surface area contributed by atoms with Gasteiger partial charge in [-0.25, -0.2) is 0 Å². The van der Waals surface area contributed by atoms with E-state index in [4.69, 9.17) is 4.52 Å². The average Bonchev–Trinajstić information content (AvgIpc) is 3.05. The van der Waals surface area contributed by atoms with Crippen molar-refractivity contribution in [2.75, 3.05) is 19.7 Å². The van der Waals surface area contributed by atoms with Crippen molar-refractivity contribution >= 4 is 0 Å². The molecule has 3 rings (SSSR count). The van der Waals surface area contributed by atoms with Crippen molar-refractivity contribution in [3.05, 3.63) is 30.4 Å². The molecule has 0 bridgehead atoms. The van der Waals surface area contributed by atoms with E-state index in [0.29, 0.717) is 11.7 Å². The second-order valence-corrected chi connectivity index (χ2v) is 6.42. The molecule has 1 aliphatic rings. The molecule has 1 fully saturated rings. The van der Waals surface area contributed by atoms with Crippen LogP contribution < -0.4 is 0 Å². The molecule has 0 saturated carbocycles. The SMILES string of the molecule is CC(c1nc(-c2cccnc2)no1)N1CCCC(C)(CO)C1. The Hall–Kier alpha value is -1.79. The van der Waals surface area contributed by atoms with Crippen molar-refractivity contribution in [2.45, 2.75) is 32.7 Å². The Morgan fingerprint density at radius 1 is 1.50 bits per heavy atom. The maximum Gasteiger partial charge on any atom is 0.244 e. The molecule has 6 heteroatoms. The molecule has 1 aliphatic heterocycles. The van der Waals surface area contributed by atoms with Crippen LogP contribution in [0.3, 0.4) is 0 Å². The number of aromatic nitrogens is 3. The van der Waals surface area contributed by atoms with Gasteiger partial charge in [0.25, 0.3) is 0 Å². The zero-order chi connectivity index (χ0) is 15.6. The molecule has 6 nitrogen and oxygen atoms in total. The third kappa shape index (κ3) is 3.03. The highest BCUT2D eigenvalue weighted by Crippen LogP contribution is 2.33. The standard InChI is InChI=1S/C16H22N4O2/c1-12(20-8-4-6-16(2,10-20)11-21)15-18-14(19-22-15)13-5-3-7-17-9-13/h3,5,7,9,12,21H,4,6,8,10-11H2,1-2H3. The summed E-state index contributed by atoms with van der Waals surface area (Å²) in [5, 5.41) is 13.6. The Bertz CT molecular complexity index is 616. The number of hydrogen-bond acceptors (Lipinski definition) is 6. The summed E-state index contributed by atoms with van der Waals surface area (Å²) in [6, 6.07) is 3.81. The van der Waals surface area contributed by atoms with Gasteiger partial charge >= 0.3 is 0 Å². The number of pyridine rings is 1. The molecule has 3 heterocycles. The molecular formula is C16H22N4O2. The molecule has 0 radical (unpaired) electrons. The van der Waals surface area contributed by atoms with Crippen LogP contribution in [-0.4, -0.2) is 44.8 Å². The maximum atomic E-state index is 9.59. The van der Waals surface area contributed by atoms with Crippen molar-refractivity contribution < 1.29 is 9.63 Å². The first-order chi connectivity index (χ1) is 10.6. The Labute approximate surface area is 130 Å². The Morgan fingerprint density at radius 2 is 2.36 bits per heavy atom. The smallest absolute Gasteiger partial charge is 0.244 e. The fourth-order valence-electron chi connectivity index (χ4n) is 2.99. The van der Waals surface area contributed by atoms with Crippen LogP contribution in [0, 0.1) is 5.41 Å². The van der Waals surface area contributed by atoms with Gasteiger partial charge in [0.1, 0.15) is 0 Å². The van der Waals surface area contributed by atoms with E-state index in [2.05, 4.69) is 33.9 Å². The minimum Gasteiger partial charge on any atom is -0.396 e. The van der Waals surface area contributed by atoms with Gasteiger partial charge in [-0.2, -0.15) is 4.98 Å². The topological polar surface area (TPSA) is 75.3 Å². The molecule has 0 aliphatic carbocycles. The normalized spacial score (nSPS) is 24.3. The fourth-order valence-corrected chi connectivity index (χ4v) is 2.99. The lowest BCUT2D eigenvalue weighted by molar-refractivity contribution is 0.0211. The van der Waals surface area contributed by atoms with Crippen molar-refractivity contribution in [3.63, 3.8) is 0 Å². The van der Waals surface area contributed by atoms with Crippen LogP contribution >= 0.6 is 0 Å². The van der Waals surface area contributed by atoms with Crippen LogP contribution in [0.5, 0.6) is 0 Å². The molecule has 1 N–H and O–H groups in total. The van der Waals surface area contributed by atoms with Crippen LogP contribution in [0.4, 0.5) is 0 Å². The van der Waals surface area contributed by atoms with Crippen molar-refractivity contribution in [3.8, 4) is 11.4 Å². The quantitative estimate of drug-likeness (QED) is 0.934. The van der Waals surface area contributed by atoms with E-state index in [-0.39, 0.29) is 18.1 Å². The minimum atomic E-state index is -0.0429. The van der Waals surface area contributed by atoms with Gasteiger partial charge in [0, 0.05) is 36.5 Å². The molecule has 22 heavy (non-hydrogen) atoms. The Balaban J connectivity index is 1.75. The minimum absolute atomic E-state index is 0.0429. The molecule has 2 unspecified atom stereocenters. The molecule has 0 amide bonds. The predicted molar refractivity (Wildman–Crippen MR) is 81.9 cm³/mol. The van der Waals surface area contributed by atoms with E-state index < -0.39 is 0 Å². The lowest BCUT2D eigenvalue weighted by Gasteiger charge is -2.41. The number of hydrogen-bond donors (Lipinski definition) is 1. The summed E-state index contributed by atoms with van der Waals surface area (Å²) < 4.78 is 5.44. The lowest BCUT2D eigenvalue weighted by Crippen LogP contribution is -2.44. The van der Waals surface area contributed by atoms with Crippen LogP contribution in [0.2, 0.25) is 0 Å². The highest BCUT2D eigenvalue weighted by molar-refractivity contribution is 5.51. The third-order valence-corrected chi connectivity index (χ3v) is 4.46. The molecule has 1 saturated heterocycles. The van der Waals surface area contributed by atoms with Crippen LogP contribution in [-0.2, 0) is 0 Å². The van der Waals surface area contributed by atoms with E-state index >= 15 is 0 Å². The van der Waals surface area contributed by atoms with Gasteiger partial charge in [0.15, 0.2) is 0 Å². The number of aliphatic hydroxyl groups is 1. The van der Waals surface area contributed by atoms with Crippen molar-refractivity contribution in [1.82, 2.24) is 20.0 Å². The zero-order valence-electron chi connectivity index (χ0n) is 13.1. The first-order valence-corrected chi connectivity index (χ1v) is 7.70. The summed E-state index contributed by atoms with van der Waals surface area (Å²) in [4.78, 5) is 10.9. The molecule has 2 aromatic heterocycles. The number of likely N-dealkylation sites (tertiary alicyclic amines) is 1. The van der Waals surface area contributed by atoms with Gasteiger partial charge in [-0.3, -0.25) is 9.88 Å². The Kier molecular flexibility index (Phi) is 4.22. The van der Waals surface area contributed by atoms with Crippen LogP contribution in [0.1, 0.15) is 38.6 Å². The third-order valence-electron chi connectivity index (χ3n) is 4.46. The number of aliphatic hydroxyl groups excluding tert-OH is 1. The molecular weight excluding hydrogens is 280 g/mol.